The highest BCUT2D eigenvalue weighted by atomic mass is 35.5. The van der Waals surface area contributed by atoms with Gasteiger partial charge in [0.15, 0.2) is 5.03 Å². The lowest BCUT2D eigenvalue weighted by molar-refractivity contribution is 0.0692. The predicted octanol–water partition coefficient (Wildman–Crippen LogP) is 0.661. The van der Waals surface area contributed by atoms with Crippen LogP contribution in [0.4, 0.5) is 5.95 Å². The number of aromatic carboxylic acids is 1. The zero-order valence-corrected chi connectivity index (χ0v) is 11.5. The Kier molecular flexibility index (Phi) is 3.59. The predicted molar refractivity (Wildman–Crippen MR) is 68.1 cm³/mol. The topological polar surface area (TPSA) is 138 Å². The van der Waals surface area contributed by atoms with Gasteiger partial charge in [0.2, 0.25) is 5.95 Å². The molecule has 3 N–H and O–H groups in total. The molecule has 0 atom stereocenters. The number of aryl methyl sites for hydroxylation is 1. The first-order chi connectivity index (χ1) is 9.29. The Labute approximate surface area is 118 Å². The number of rotatable bonds is 4. The minimum absolute atomic E-state index is 0.0540. The monoisotopic (exact) mass is 317 g/mol. The van der Waals surface area contributed by atoms with Gasteiger partial charge in [-0.1, -0.05) is 11.6 Å². The lowest BCUT2D eigenvalue weighted by Crippen LogP contribution is -2.18. The summed E-state index contributed by atoms with van der Waals surface area (Å²) in [6.07, 6.45) is 0.890. The van der Waals surface area contributed by atoms with Crippen LogP contribution in [0.3, 0.4) is 0 Å². The summed E-state index contributed by atoms with van der Waals surface area (Å²) in [4.78, 5) is 18.4. The molecule has 0 amide bonds. The van der Waals surface area contributed by atoms with E-state index in [1.54, 1.807) is 6.92 Å². The first-order valence-corrected chi connectivity index (χ1v) is 6.96. The summed E-state index contributed by atoms with van der Waals surface area (Å²) < 4.78 is 26.1. The molecule has 0 fully saturated rings. The van der Waals surface area contributed by atoms with Crippen LogP contribution in [0.25, 0.3) is 0 Å². The number of H-pyrrole nitrogens is 1. The summed E-state index contributed by atoms with van der Waals surface area (Å²) in [5, 5.41) is 13.8. The molecule has 2 aromatic heterocycles. The number of carbonyl (C=O) groups is 1. The average Bonchev–Trinajstić information content (AvgIpc) is 2.75. The average molecular weight is 318 g/mol. The molecule has 0 radical (unpaired) electrons. The Hall–Kier alpha value is -2.20. The fourth-order valence-corrected chi connectivity index (χ4v) is 2.65. The zero-order valence-electron chi connectivity index (χ0n) is 9.95. The van der Waals surface area contributed by atoms with Gasteiger partial charge >= 0.3 is 5.97 Å². The minimum atomic E-state index is -4.21. The van der Waals surface area contributed by atoms with E-state index in [2.05, 4.69) is 20.2 Å². The lowest BCUT2D eigenvalue weighted by atomic mass is 10.4. The lowest BCUT2D eigenvalue weighted by Gasteiger charge is -2.06. The van der Waals surface area contributed by atoms with Gasteiger partial charge in [-0.25, -0.2) is 19.5 Å². The zero-order chi connectivity index (χ0) is 14.9. The first kappa shape index (κ1) is 14.2. The largest absolute Gasteiger partial charge is 0.478 e. The quantitative estimate of drug-likeness (QED) is 0.704. The number of sulfonamides is 1. The highest BCUT2D eigenvalue weighted by Gasteiger charge is 2.25. The Morgan fingerprint density at radius 2 is 2.15 bits per heavy atom. The van der Waals surface area contributed by atoms with E-state index in [9.17, 15) is 13.2 Å². The number of aromatic nitrogens is 4. The van der Waals surface area contributed by atoms with Crippen LogP contribution >= 0.6 is 11.6 Å². The maximum absolute atomic E-state index is 12.0. The molecule has 0 aliphatic heterocycles. The molecule has 0 aliphatic carbocycles. The molecule has 2 rings (SSSR count). The van der Waals surface area contributed by atoms with Crippen LogP contribution < -0.4 is 4.72 Å². The molecular formula is C9H8ClN5O4S. The molecular weight excluding hydrogens is 310 g/mol. The van der Waals surface area contributed by atoms with Crippen molar-refractivity contribution in [3.8, 4) is 0 Å². The van der Waals surface area contributed by atoms with Crippen molar-refractivity contribution in [2.75, 3.05) is 4.72 Å². The first-order valence-electron chi connectivity index (χ1n) is 5.10. The highest BCUT2D eigenvalue weighted by molar-refractivity contribution is 7.92. The van der Waals surface area contributed by atoms with E-state index in [1.165, 1.54) is 6.07 Å². The standard InChI is InChI=1S/C9H8ClN5O4S/c1-4-2-6(10)13-9(12-4)15-20(18,19)7-5(8(16)17)3-11-14-7/h2-3H,1H3,(H,11,14)(H,16,17)(H,12,13,15). The van der Waals surface area contributed by atoms with Crippen LogP contribution in [-0.4, -0.2) is 39.7 Å². The van der Waals surface area contributed by atoms with Crippen molar-refractivity contribution >= 4 is 33.5 Å². The van der Waals surface area contributed by atoms with Crippen molar-refractivity contribution in [1.29, 1.82) is 0 Å². The second-order valence-corrected chi connectivity index (χ2v) is 5.69. The second-order valence-electron chi connectivity index (χ2n) is 3.68. The molecule has 0 bridgehead atoms. The van der Waals surface area contributed by atoms with Gasteiger partial charge in [-0.3, -0.25) is 5.10 Å². The van der Waals surface area contributed by atoms with Crippen LogP contribution in [0.2, 0.25) is 5.15 Å². The number of hydrogen-bond acceptors (Lipinski definition) is 6. The summed E-state index contributed by atoms with van der Waals surface area (Å²) in [6, 6.07) is 1.44. The Bertz CT molecular complexity index is 752. The molecule has 0 saturated carbocycles. The van der Waals surface area contributed by atoms with Crippen LogP contribution in [-0.2, 0) is 10.0 Å². The molecule has 20 heavy (non-hydrogen) atoms. The summed E-state index contributed by atoms with van der Waals surface area (Å²) in [5.41, 5.74) is -0.0398. The maximum Gasteiger partial charge on any atom is 0.340 e. The number of halogens is 1. The Balaban J connectivity index is 2.41. The van der Waals surface area contributed by atoms with Crippen LogP contribution in [0.1, 0.15) is 16.1 Å². The fraction of sp³-hybridized carbons (Fsp3) is 0.111. The molecule has 0 aliphatic rings. The normalized spacial score (nSPS) is 11.3. The Morgan fingerprint density at radius 1 is 1.45 bits per heavy atom. The van der Waals surface area contributed by atoms with Crippen molar-refractivity contribution in [3.05, 3.63) is 28.7 Å². The van der Waals surface area contributed by atoms with Gasteiger partial charge < -0.3 is 5.11 Å². The number of aromatic amines is 1. The van der Waals surface area contributed by atoms with Crippen molar-refractivity contribution in [2.45, 2.75) is 11.9 Å². The molecule has 2 aromatic rings. The molecule has 0 spiro atoms. The second kappa shape index (κ2) is 5.06. The number of anilines is 1. The van der Waals surface area contributed by atoms with Gasteiger partial charge in [0.05, 0.1) is 6.20 Å². The van der Waals surface area contributed by atoms with E-state index in [-0.39, 0.29) is 11.1 Å². The van der Waals surface area contributed by atoms with E-state index < -0.39 is 26.6 Å². The molecule has 2 heterocycles. The third-order valence-electron chi connectivity index (χ3n) is 2.15. The third-order valence-corrected chi connectivity index (χ3v) is 3.65. The van der Waals surface area contributed by atoms with E-state index in [4.69, 9.17) is 16.7 Å². The van der Waals surface area contributed by atoms with Gasteiger partial charge in [0.25, 0.3) is 10.0 Å². The summed E-state index contributed by atoms with van der Waals surface area (Å²) >= 11 is 5.69. The summed E-state index contributed by atoms with van der Waals surface area (Å²) in [6.45, 7) is 1.60. The highest BCUT2D eigenvalue weighted by Crippen LogP contribution is 2.17. The smallest absolute Gasteiger partial charge is 0.340 e. The molecule has 11 heteroatoms. The minimum Gasteiger partial charge on any atom is -0.478 e. The van der Waals surface area contributed by atoms with Gasteiger partial charge in [-0.15, -0.1) is 0 Å². The maximum atomic E-state index is 12.0. The molecule has 106 valence electrons. The number of carboxylic acid groups (broad SMARTS) is 1. The van der Waals surface area contributed by atoms with E-state index in [0.29, 0.717) is 5.69 Å². The number of hydrogen-bond donors (Lipinski definition) is 3. The number of nitrogens with zero attached hydrogens (tertiary/aromatic N) is 3. The van der Waals surface area contributed by atoms with Crippen molar-refractivity contribution in [2.24, 2.45) is 0 Å². The molecule has 9 nitrogen and oxygen atoms in total. The fourth-order valence-electron chi connectivity index (χ4n) is 1.38. The summed E-state index contributed by atoms with van der Waals surface area (Å²) in [5.74, 6) is -1.69. The van der Waals surface area contributed by atoms with Crippen LogP contribution in [0.15, 0.2) is 17.3 Å². The molecule has 0 saturated heterocycles. The van der Waals surface area contributed by atoms with Gasteiger partial charge in [-0.2, -0.15) is 13.5 Å². The summed E-state index contributed by atoms with van der Waals surface area (Å²) in [7, 11) is -4.21. The van der Waals surface area contributed by atoms with Crippen molar-refractivity contribution in [3.63, 3.8) is 0 Å². The van der Waals surface area contributed by atoms with Gasteiger partial charge in [-0.05, 0) is 13.0 Å². The van der Waals surface area contributed by atoms with Crippen molar-refractivity contribution < 1.29 is 18.3 Å². The number of nitrogens with one attached hydrogen (secondary N) is 2. The number of carboxylic acids is 1. The molecule has 0 unspecified atom stereocenters. The van der Waals surface area contributed by atoms with Gasteiger partial charge in [0.1, 0.15) is 10.7 Å². The SMILES string of the molecule is Cc1cc(Cl)nc(NS(=O)(=O)c2[nH]ncc2C(=O)O)n1. The van der Waals surface area contributed by atoms with Crippen molar-refractivity contribution in [1.82, 2.24) is 20.2 Å². The third kappa shape index (κ3) is 2.86. The van der Waals surface area contributed by atoms with E-state index in [0.717, 1.165) is 6.20 Å². The van der Waals surface area contributed by atoms with E-state index >= 15 is 0 Å². The Morgan fingerprint density at radius 3 is 2.75 bits per heavy atom. The molecule has 0 aromatic carbocycles. The van der Waals surface area contributed by atoms with E-state index in [1.807, 2.05) is 4.72 Å². The van der Waals surface area contributed by atoms with Crippen LogP contribution in [0.5, 0.6) is 0 Å². The van der Waals surface area contributed by atoms with Gasteiger partial charge in [0, 0.05) is 5.69 Å². The van der Waals surface area contributed by atoms with Crippen LogP contribution in [0, 0.1) is 6.92 Å².